The average molecular weight is 687 g/mol. The van der Waals surface area contributed by atoms with E-state index in [2.05, 4.69) is 9.97 Å². The van der Waals surface area contributed by atoms with Crippen molar-refractivity contribution in [2.75, 3.05) is 13.2 Å². The van der Waals surface area contributed by atoms with Gasteiger partial charge < -0.3 is 40.6 Å². The molecule has 8 N–H and O–H groups in total. The molecule has 0 spiro atoms. The number of aliphatic hydroxyl groups excluding tert-OH is 4. The Morgan fingerprint density at radius 3 is 1.66 bits per heavy atom. The summed E-state index contributed by atoms with van der Waals surface area (Å²) in [6.07, 6.45) is -2.28. The number of nitrogens with one attached hydrogen (secondary N) is 2. The van der Waals surface area contributed by atoms with E-state index in [-0.39, 0.29) is 25.7 Å². The van der Waals surface area contributed by atoms with Gasteiger partial charge in [-0.25, -0.2) is 9.97 Å². The quantitative estimate of drug-likeness (QED) is 0.138. The molecule has 3 aromatic heterocycles. The lowest BCUT2D eigenvalue weighted by Gasteiger charge is -2.12. The SMILES string of the molecule is CC1=C(C(O)CO)c2nc1c(C)c1[nH]c(c(C)c3nc(c(C)c4[nH]c(c2C)c(C)c4C(O)CO)C(C)=C3CCC(=O)O)c(CCC(=O)O)c1C. The van der Waals surface area contributed by atoms with E-state index in [4.69, 9.17) is 9.97 Å². The summed E-state index contributed by atoms with van der Waals surface area (Å²) in [7, 11) is 0. The smallest absolute Gasteiger partial charge is 0.303 e. The minimum absolute atomic E-state index is 0.113. The third-order valence-electron chi connectivity index (χ3n) is 10.3. The molecule has 2 aliphatic heterocycles. The van der Waals surface area contributed by atoms with Gasteiger partial charge in [0.05, 0.1) is 36.0 Å². The lowest BCUT2D eigenvalue weighted by molar-refractivity contribution is -0.137. The van der Waals surface area contributed by atoms with Crippen molar-refractivity contribution >= 4 is 56.3 Å². The van der Waals surface area contributed by atoms with Gasteiger partial charge in [0.1, 0.15) is 12.2 Å². The lowest BCUT2D eigenvalue weighted by Crippen LogP contribution is -2.14. The first-order valence-corrected chi connectivity index (χ1v) is 16.7. The highest BCUT2D eigenvalue weighted by atomic mass is 16.4. The summed E-state index contributed by atoms with van der Waals surface area (Å²) in [6, 6.07) is 0. The highest BCUT2D eigenvalue weighted by Crippen LogP contribution is 2.42. The standard InChI is InChI=1S/C38H46N4O8/c1-15-23(9-11-27(47)48)35-22(8)36-24(10-12-28(49)50)16(2)32(40-36)20(6)37-30(26(46)14-44)18(4)34(42-37)21(7)38-29(25(45)13-43)17(3)33(41-38)19(5)31(15)39-35/h25-26,39,42-46H,9-14H2,1-8H3,(H,47,48)(H,49,50). The molecule has 0 saturated carbocycles. The van der Waals surface area contributed by atoms with E-state index in [0.717, 1.165) is 38.9 Å². The van der Waals surface area contributed by atoms with Crippen LogP contribution in [0.4, 0.5) is 0 Å². The maximum atomic E-state index is 11.8. The van der Waals surface area contributed by atoms with Gasteiger partial charge in [-0.05, 0) is 124 Å². The van der Waals surface area contributed by atoms with Crippen molar-refractivity contribution in [3.8, 4) is 0 Å². The largest absolute Gasteiger partial charge is 0.481 e. The van der Waals surface area contributed by atoms with Gasteiger partial charge in [0.25, 0.3) is 0 Å². The number of rotatable bonds is 10. The molecule has 5 heterocycles. The molecule has 8 bridgehead atoms. The number of hydrogen-bond acceptors (Lipinski definition) is 8. The molecule has 12 nitrogen and oxygen atoms in total. The number of aromatic amines is 2. The molecule has 2 aliphatic rings. The highest BCUT2D eigenvalue weighted by molar-refractivity contribution is 5.99. The summed E-state index contributed by atoms with van der Waals surface area (Å²) in [5.41, 5.74) is 13.0. The van der Waals surface area contributed by atoms with Crippen molar-refractivity contribution in [2.45, 2.75) is 93.3 Å². The van der Waals surface area contributed by atoms with Gasteiger partial charge in [-0.1, -0.05) is 0 Å². The van der Waals surface area contributed by atoms with E-state index in [9.17, 15) is 40.2 Å². The zero-order valence-corrected chi connectivity index (χ0v) is 29.8. The number of hydrogen-bond donors (Lipinski definition) is 8. The van der Waals surface area contributed by atoms with Gasteiger partial charge in [0, 0.05) is 46.0 Å². The molecule has 0 fully saturated rings. The molecule has 12 heteroatoms. The fourth-order valence-corrected chi connectivity index (χ4v) is 7.64. The number of carbonyl (C=O) groups is 2. The van der Waals surface area contributed by atoms with Crippen molar-refractivity contribution in [2.24, 2.45) is 0 Å². The first-order chi connectivity index (χ1) is 23.5. The topological polar surface area (TPSA) is 213 Å². The van der Waals surface area contributed by atoms with Crippen molar-refractivity contribution in [1.82, 2.24) is 19.9 Å². The predicted molar refractivity (Wildman–Crippen MR) is 192 cm³/mol. The maximum Gasteiger partial charge on any atom is 0.303 e. The Bertz CT molecular complexity index is 2170. The minimum Gasteiger partial charge on any atom is -0.481 e. The van der Waals surface area contributed by atoms with Crippen LogP contribution in [0.25, 0.3) is 44.4 Å². The van der Waals surface area contributed by atoms with Gasteiger partial charge in [-0.3, -0.25) is 9.59 Å². The van der Waals surface area contributed by atoms with Crippen molar-refractivity contribution in [3.05, 3.63) is 67.3 Å². The van der Waals surface area contributed by atoms with Crippen molar-refractivity contribution < 1.29 is 40.2 Å². The summed E-state index contributed by atoms with van der Waals surface area (Å²) in [6.45, 7) is 13.9. The van der Waals surface area contributed by atoms with Crippen LogP contribution in [0, 0.1) is 41.5 Å². The van der Waals surface area contributed by atoms with Gasteiger partial charge in [0.15, 0.2) is 0 Å². The number of aliphatic carboxylic acids is 2. The maximum absolute atomic E-state index is 11.8. The van der Waals surface area contributed by atoms with Crippen molar-refractivity contribution in [3.63, 3.8) is 0 Å². The van der Waals surface area contributed by atoms with E-state index >= 15 is 0 Å². The Balaban J connectivity index is 2.12. The Morgan fingerprint density at radius 1 is 0.580 bits per heavy atom. The second kappa shape index (κ2) is 13.9. The molecule has 0 radical (unpaired) electrons. The van der Waals surface area contributed by atoms with Gasteiger partial charge in [0.2, 0.25) is 0 Å². The summed E-state index contributed by atoms with van der Waals surface area (Å²) >= 11 is 0. The Hall–Kier alpha value is -4.62. The number of aromatic nitrogens is 4. The number of nitrogens with zero attached hydrogens (tertiary/aromatic N) is 2. The third kappa shape index (κ3) is 6.06. The second-order valence-electron chi connectivity index (χ2n) is 13.3. The fraction of sp³-hybridized carbons (Fsp3) is 0.421. The molecule has 2 atom stereocenters. The number of H-pyrrole nitrogens is 2. The molecule has 0 amide bonds. The van der Waals surface area contributed by atoms with Crippen LogP contribution in [-0.4, -0.2) is 81.8 Å². The zero-order chi connectivity index (χ0) is 36.9. The number of aliphatic hydroxyl groups is 4. The first kappa shape index (κ1) is 36.7. The molecule has 50 heavy (non-hydrogen) atoms. The summed E-state index contributed by atoms with van der Waals surface area (Å²) in [5, 5.41) is 61.8. The van der Waals surface area contributed by atoms with E-state index in [1.54, 1.807) is 0 Å². The van der Waals surface area contributed by atoms with Crippen LogP contribution in [0.5, 0.6) is 0 Å². The fourth-order valence-electron chi connectivity index (χ4n) is 7.64. The number of allylic oxidation sites excluding steroid dienone is 3. The van der Waals surface area contributed by atoms with E-state index < -0.39 is 37.4 Å². The Morgan fingerprint density at radius 2 is 1.06 bits per heavy atom. The van der Waals surface area contributed by atoms with Crippen LogP contribution in [0.1, 0.15) is 106 Å². The normalized spacial score (nSPS) is 14.5. The highest BCUT2D eigenvalue weighted by Gasteiger charge is 2.29. The van der Waals surface area contributed by atoms with Gasteiger partial charge in [-0.15, -0.1) is 0 Å². The number of fused-ring (bicyclic) bond motifs is 8. The number of aryl methyl sites for hydroxylation is 7. The van der Waals surface area contributed by atoms with Gasteiger partial charge in [-0.2, -0.15) is 0 Å². The summed E-state index contributed by atoms with van der Waals surface area (Å²) < 4.78 is 0. The van der Waals surface area contributed by atoms with Crippen LogP contribution in [0.15, 0.2) is 0 Å². The predicted octanol–water partition coefficient (Wildman–Crippen LogP) is 5.29. The number of carboxylic acid groups (broad SMARTS) is 2. The summed E-state index contributed by atoms with van der Waals surface area (Å²) in [5.74, 6) is -1.90. The molecule has 3 aromatic rings. The minimum atomic E-state index is -1.24. The molecular formula is C38H46N4O8. The van der Waals surface area contributed by atoms with Crippen LogP contribution in [0.3, 0.4) is 0 Å². The van der Waals surface area contributed by atoms with Crippen LogP contribution >= 0.6 is 0 Å². The summed E-state index contributed by atoms with van der Waals surface area (Å²) in [4.78, 5) is 40.8. The van der Waals surface area contributed by atoms with Gasteiger partial charge >= 0.3 is 11.9 Å². The number of carboxylic acids is 2. The second-order valence-corrected chi connectivity index (χ2v) is 13.3. The molecule has 0 saturated heterocycles. The Labute approximate surface area is 289 Å². The first-order valence-electron chi connectivity index (χ1n) is 16.7. The van der Waals surface area contributed by atoms with E-state index in [1.807, 2.05) is 55.4 Å². The Kier molecular flexibility index (Phi) is 10.2. The van der Waals surface area contributed by atoms with E-state index in [0.29, 0.717) is 72.7 Å². The molecular weight excluding hydrogens is 640 g/mol. The monoisotopic (exact) mass is 686 g/mol. The molecule has 5 rings (SSSR count). The molecule has 2 unspecified atom stereocenters. The van der Waals surface area contributed by atoms with Crippen molar-refractivity contribution in [1.29, 1.82) is 0 Å². The third-order valence-corrected chi connectivity index (χ3v) is 10.3. The van der Waals surface area contributed by atoms with Crippen LogP contribution in [0.2, 0.25) is 0 Å². The van der Waals surface area contributed by atoms with Crippen LogP contribution < -0.4 is 0 Å². The lowest BCUT2D eigenvalue weighted by atomic mass is 9.95. The molecule has 0 aliphatic carbocycles. The molecule has 0 aromatic carbocycles. The van der Waals surface area contributed by atoms with E-state index in [1.165, 1.54) is 0 Å². The zero-order valence-electron chi connectivity index (χ0n) is 29.8. The average Bonchev–Trinajstić information content (AvgIpc) is 3.80. The van der Waals surface area contributed by atoms with Crippen LogP contribution in [-0.2, 0) is 16.0 Å². The molecule has 266 valence electrons.